The third kappa shape index (κ3) is 27.0. The molecule has 2 atom stereocenters. The van der Waals surface area contributed by atoms with Crippen molar-refractivity contribution in [3.63, 3.8) is 0 Å². The van der Waals surface area contributed by atoms with Gasteiger partial charge in [-0.3, -0.25) is 0 Å². The van der Waals surface area contributed by atoms with E-state index in [-0.39, 0.29) is 113 Å². The molecular formula is C20H44Ca3O2. The van der Waals surface area contributed by atoms with Crippen LogP contribution in [0.3, 0.4) is 0 Å². The Labute approximate surface area is 246 Å². The zero-order chi connectivity index (χ0) is 17.0. The molecule has 0 spiro atoms. The molecule has 0 radical (unpaired) electrons. The summed E-state index contributed by atoms with van der Waals surface area (Å²) in [7, 11) is 0. The number of aliphatic carboxylic acids is 1. The summed E-state index contributed by atoms with van der Waals surface area (Å²) in [4.78, 5) is 10.5. The van der Waals surface area contributed by atoms with Crippen molar-refractivity contribution in [1.29, 1.82) is 0 Å². The maximum atomic E-state index is 10.5. The summed E-state index contributed by atoms with van der Waals surface area (Å²) < 4.78 is 0. The van der Waals surface area contributed by atoms with Crippen LogP contribution in [0.15, 0.2) is 11.6 Å². The predicted octanol–water partition coefficient (Wildman–Crippen LogP) is 3.71. The van der Waals surface area contributed by atoms with Crippen molar-refractivity contribution < 1.29 is 9.90 Å². The topological polar surface area (TPSA) is 37.3 Å². The number of hydrogen-bond acceptors (Lipinski definition) is 1. The first-order valence-electron chi connectivity index (χ1n) is 9.21. The number of rotatable bonds is 13. The van der Waals surface area contributed by atoms with E-state index in [9.17, 15) is 4.79 Å². The quantitative estimate of drug-likeness (QED) is 0.353. The van der Waals surface area contributed by atoms with Gasteiger partial charge >= 0.3 is 119 Å². The molecule has 0 fully saturated rings. The van der Waals surface area contributed by atoms with Crippen LogP contribution in [0.2, 0.25) is 0 Å². The molecule has 0 saturated carbocycles. The molecule has 0 rings (SSSR count). The Bertz CT molecular complexity index is 331. The first kappa shape index (κ1) is 35.4. The number of hydrogen-bond donors (Lipinski definition) is 1. The van der Waals surface area contributed by atoms with Gasteiger partial charge in [-0.05, 0) is 37.5 Å². The fourth-order valence-electron chi connectivity index (χ4n) is 2.99. The molecule has 1 N–H and O–H groups in total. The van der Waals surface area contributed by atoms with Crippen LogP contribution < -0.4 is 0 Å². The molecule has 142 valence electrons. The Kier molecular flexibility index (Phi) is 33.0. The second kappa shape index (κ2) is 23.3. The monoisotopic (exact) mass is 436 g/mol. The Morgan fingerprint density at radius 3 is 1.60 bits per heavy atom. The van der Waals surface area contributed by atoms with Gasteiger partial charge in [0, 0.05) is 6.08 Å². The van der Waals surface area contributed by atoms with Gasteiger partial charge in [-0.2, -0.15) is 0 Å². The summed E-state index contributed by atoms with van der Waals surface area (Å²) in [5.41, 5.74) is 0.985. The van der Waals surface area contributed by atoms with Crippen LogP contribution in [0.1, 0.15) is 92.4 Å². The second-order valence-corrected chi connectivity index (χ2v) is 7.69. The minimum atomic E-state index is -0.822. The van der Waals surface area contributed by atoms with Gasteiger partial charge in [-0.1, -0.05) is 78.2 Å². The van der Waals surface area contributed by atoms with Crippen molar-refractivity contribution in [3.8, 4) is 0 Å². The molecule has 0 amide bonds. The van der Waals surface area contributed by atoms with Crippen LogP contribution in [0.25, 0.3) is 0 Å². The second-order valence-electron chi connectivity index (χ2n) is 7.69. The molecule has 25 heavy (non-hydrogen) atoms. The molecule has 0 bridgehead atoms. The molecule has 0 aromatic rings. The van der Waals surface area contributed by atoms with Crippen molar-refractivity contribution in [2.75, 3.05) is 0 Å². The first-order chi connectivity index (χ1) is 10.3. The van der Waals surface area contributed by atoms with Gasteiger partial charge in [0.25, 0.3) is 0 Å². The fraction of sp³-hybridized carbons (Fsp3) is 0.850. The third-order valence-corrected chi connectivity index (χ3v) is 4.51. The minimum absolute atomic E-state index is 0. The van der Waals surface area contributed by atoms with Crippen LogP contribution in [-0.4, -0.2) is 124 Å². The van der Waals surface area contributed by atoms with E-state index >= 15 is 0 Å². The molecule has 2 nitrogen and oxygen atoms in total. The number of carbonyl (C=O) groups is 1. The molecular weight excluding hydrogens is 392 g/mol. The summed E-state index contributed by atoms with van der Waals surface area (Å²) in [6, 6.07) is 0. The van der Waals surface area contributed by atoms with E-state index in [0.717, 1.165) is 36.2 Å². The average Bonchev–Trinajstić information content (AvgIpc) is 2.37. The van der Waals surface area contributed by atoms with Crippen molar-refractivity contribution >= 4 is 119 Å². The van der Waals surface area contributed by atoms with E-state index in [1.165, 1.54) is 51.0 Å². The van der Waals surface area contributed by atoms with Gasteiger partial charge in [-0.25, -0.2) is 4.79 Å². The molecule has 0 aliphatic rings. The van der Waals surface area contributed by atoms with Gasteiger partial charge in [-0.15, -0.1) is 0 Å². The number of carboxylic acid groups (broad SMARTS) is 1. The average molecular weight is 437 g/mol. The van der Waals surface area contributed by atoms with E-state index in [0.29, 0.717) is 0 Å². The molecule has 0 aromatic heterocycles. The summed E-state index contributed by atoms with van der Waals surface area (Å²) >= 11 is 0. The van der Waals surface area contributed by atoms with Crippen molar-refractivity contribution in [3.05, 3.63) is 11.6 Å². The summed E-state index contributed by atoms with van der Waals surface area (Å²) in [5.74, 6) is 1.65. The SMILES string of the molecule is C/C(=C\C(=O)O)CCC[C@H](C)CCC[C@H](C)CCCC(C)C.[CaH2].[CaH2].[CaH2]. The van der Waals surface area contributed by atoms with E-state index in [1.807, 2.05) is 6.92 Å². The maximum absolute atomic E-state index is 10.5. The van der Waals surface area contributed by atoms with Crippen molar-refractivity contribution in [2.24, 2.45) is 17.8 Å². The van der Waals surface area contributed by atoms with Gasteiger partial charge < -0.3 is 5.11 Å². The van der Waals surface area contributed by atoms with Crippen LogP contribution in [0.5, 0.6) is 0 Å². The van der Waals surface area contributed by atoms with E-state index < -0.39 is 5.97 Å². The standard InChI is InChI=1S/C20H38O2.3Ca.6H/c1-16(2)9-6-10-17(3)11-7-12-18(4)13-8-14-19(5)15-20(21)22;;;;;;;;;/h15-18H,6-14H2,1-5H3,(H,21,22);;;;;;;;;/b19-15+;;;;;;;;;/t17-,18-;;;;;;;;;/m1........./s1. The van der Waals surface area contributed by atoms with Gasteiger partial charge in [0.2, 0.25) is 0 Å². The molecule has 0 aliphatic carbocycles. The van der Waals surface area contributed by atoms with Crippen molar-refractivity contribution in [1.82, 2.24) is 0 Å². The fourth-order valence-corrected chi connectivity index (χ4v) is 2.99. The molecule has 0 saturated heterocycles. The first-order valence-corrected chi connectivity index (χ1v) is 9.21. The molecule has 0 aromatic carbocycles. The Morgan fingerprint density at radius 2 is 1.20 bits per heavy atom. The van der Waals surface area contributed by atoms with Crippen LogP contribution in [-0.2, 0) is 4.79 Å². The van der Waals surface area contributed by atoms with Crippen LogP contribution in [0, 0.1) is 17.8 Å². The van der Waals surface area contributed by atoms with E-state index in [2.05, 4.69) is 27.7 Å². The molecule has 0 aliphatic heterocycles. The molecule has 0 heterocycles. The molecule has 5 heteroatoms. The zero-order valence-corrected chi connectivity index (χ0v) is 15.5. The van der Waals surface area contributed by atoms with Gasteiger partial charge in [0.15, 0.2) is 0 Å². The number of allylic oxidation sites excluding steroid dienone is 1. The number of carboxylic acids is 1. The van der Waals surface area contributed by atoms with Crippen LogP contribution >= 0.6 is 0 Å². The van der Waals surface area contributed by atoms with E-state index in [4.69, 9.17) is 5.11 Å². The zero-order valence-electron chi connectivity index (χ0n) is 15.5. The normalized spacial score (nSPS) is 13.3. The molecule has 0 unspecified atom stereocenters. The summed E-state index contributed by atoms with van der Waals surface area (Å²) in [6.45, 7) is 11.3. The van der Waals surface area contributed by atoms with Gasteiger partial charge in [0.1, 0.15) is 0 Å². The Hall–Kier alpha value is 2.99. The Morgan fingerprint density at radius 1 is 0.800 bits per heavy atom. The van der Waals surface area contributed by atoms with Crippen LogP contribution in [0.4, 0.5) is 0 Å². The Balaban J connectivity index is -0.000000735. The van der Waals surface area contributed by atoms with Crippen molar-refractivity contribution in [2.45, 2.75) is 92.4 Å². The van der Waals surface area contributed by atoms with E-state index in [1.54, 1.807) is 0 Å². The third-order valence-electron chi connectivity index (χ3n) is 4.51. The predicted molar refractivity (Wildman–Crippen MR) is 122 cm³/mol. The van der Waals surface area contributed by atoms with Gasteiger partial charge in [0.05, 0.1) is 0 Å². The summed E-state index contributed by atoms with van der Waals surface area (Å²) in [6.07, 6.45) is 12.7. The summed E-state index contributed by atoms with van der Waals surface area (Å²) in [5, 5.41) is 8.68.